The molecule has 2 aromatic heterocycles. The Balaban J connectivity index is 2.00. The van der Waals surface area contributed by atoms with E-state index >= 15 is 0 Å². The van der Waals surface area contributed by atoms with Gasteiger partial charge >= 0.3 is 0 Å². The molecule has 6 heteroatoms. The maximum absolute atomic E-state index is 11.8. The van der Waals surface area contributed by atoms with E-state index in [9.17, 15) is 4.79 Å². The average molecular weight is 295 g/mol. The van der Waals surface area contributed by atoms with Gasteiger partial charge < -0.3 is 11.1 Å². The summed E-state index contributed by atoms with van der Waals surface area (Å²) in [5, 5.41) is 5.46. The standard InChI is InChI=1S/C13H17N3OS2/c1-13(2,3)11(17)15-6-8-4-5-10(19-8)9-7-18-12(14)16-9/h4-5,7H,6H2,1-3H3,(H2,14,16)(H,15,17). The highest BCUT2D eigenvalue weighted by Gasteiger charge is 2.20. The molecule has 0 radical (unpaired) electrons. The highest BCUT2D eigenvalue weighted by atomic mass is 32.1. The van der Waals surface area contributed by atoms with Gasteiger partial charge in [-0.1, -0.05) is 20.8 Å². The molecule has 102 valence electrons. The van der Waals surface area contributed by atoms with Crippen molar-refractivity contribution in [3.8, 4) is 10.6 Å². The van der Waals surface area contributed by atoms with Gasteiger partial charge in [-0.25, -0.2) is 4.98 Å². The number of rotatable bonds is 3. The topological polar surface area (TPSA) is 68.0 Å². The first-order valence-electron chi connectivity index (χ1n) is 5.94. The van der Waals surface area contributed by atoms with Crippen molar-refractivity contribution in [1.29, 1.82) is 0 Å². The number of nitrogens with one attached hydrogen (secondary N) is 1. The number of hydrogen-bond donors (Lipinski definition) is 2. The summed E-state index contributed by atoms with van der Waals surface area (Å²) in [6.45, 7) is 6.26. The van der Waals surface area contributed by atoms with Gasteiger partial charge in [0, 0.05) is 15.7 Å². The van der Waals surface area contributed by atoms with E-state index in [0.29, 0.717) is 11.7 Å². The van der Waals surface area contributed by atoms with Crippen LogP contribution >= 0.6 is 22.7 Å². The summed E-state index contributed by atoms with van der Waals surface area (Å²) in [7, 11) is 0. The summed E-state index contributed by atoms with van der Waals surface area (Å²) in [6.07, 6.45) is 0. The molecule has 0 aliphatic carbocycles. The molecule has 0 bridgehead atoms. The van der Waals surface area contributed by atoms with Crippen LogP contribution in [-0.4, -0.2) is 10.9 Å². The molecule has 0 saturated carbocycles. The van der Waals surface area contributed by atoms with E-state index in [1.54, 1.807) is 11.3 Å². The summed E-state index contributed by atoms with van der Waals surface area (Å²) in [4.78, 5) is 18.2. The predicted molar refractivity (Wildman–Crippen MR) is 81.1 cm³/mol. The summed E-state index contributed by atoms with van der Waals surface area (Å²) < 4.78 is 0. The number of carbonyl (C=O) groups is 1. The van der Waals surface area contributed by atoms with E-state index in [2.05, 4.69) is 10.3 Å². The van der Waals surface area contributed by atoms with E-state index in [-0.39, 0.29) is 11.3 Å². The van der Waals surface area contributed by atoms with Gasteiger partial charge in [-0.3, -0.25) is 4.79 Å². The Labute approximate surface area is 120 Å². The molecule has 0 atom stereocenters. The molecule has 1 amide bonds. The van der Waals surface area contributed by atoms with Crippen molar-refractivity contribution in [3.63, 3.8) is 0 Å². The molecule has 19 heavy (non-hydrogen) atoms. The molecular formula is C13H17N3OS2. The Kier molecular flexibility index (Phi) is 3.91. The van der Waals surface area contributed by atoms with Crippen LogP contribution in [0.5, 0.6) is 0 Å². The molecule has 0 spiro atoms. The number of nitrogen functional groups attached to an aromatic ring is 1. The van der Waals surface area contributed by atoms with Crippen LogP contribution in [0.3, 0.4) is 0 Å². The van der Waals surface area contributed by atoms with Crippen LogP contribution in [0, 0.1) is 5.41 Å². The van der Waals surface area contributed by atoms with Crippen LogP contribution in [0.25, 0.3) is 10.6 Å². The Morgan fingerprint density at radius 3 is 2.74 bits per heavy atom. The zero-order valence-electron chi connectivity index (χ0n) is 11.2. The lowest BCUT2D eigenvalue weighted by Gasteiger charge is -2.17. The van der Waals surface area contributed by atoms with E-state index in [1.807, 2.05) is 38.3 Å². The fourth-order valence-corrected chi connectivity index (χ4v) is 2.99. The number of carbonyl (C=O) groups excluding carboxylic acids is 1. The highest BCUT2D eigenvalue weighted by Crippen LogP contribution is 2.29. The number of nitrogens with zero attached hydrogens (tertiary/aromatic N) is 1. The second-order valence-electron chi connectivity index (χ2n) is 5.27. The van der Waals surface area contributed by atoms with Gasteiger partial charge in [-0.05, 0) is 12.1 Å². The van der Waals surface area contributed by atoms with Crippen molar-refractivity contribution < 1.29 is 4.79 Å². The molecule has 3 N–H and O–H groups in total. The molecule has 0 fully saturated rings. The second kappa shape index (κ2) is 5.30. The Hall–Kier alpha value is -1.40. The number of nitrogens with two attached hydrogens (primary N) is 1. The number of anilines is 1. The molecule has 2 rings (SSSR count). The fraction of sp³-hybridized carbons (Fsp3) is 0.385. The van der Waals surface area contributed by atoms with E-state index in [4.69, 9.17) is 5.73 Å². The molecule has 2 heterocycles. The fourth-order valence-electron chi connectivity index (χ4n) is 1.44. The summed E-state index contributed by atoms with van der Waals surface area (Å²) in [5.41, 5.74) is 6.17. The molecular weight excluding hydrogens is 278 g/mol. The van der Waals surface area contributed by atoms with Crippen molar-refractivity contribution in [2.24, 2.45) is 5.41 Å². The number of aromatic nitrogens is 1. The quantitative estimate of drug-likeness (QED) is 0.914. The summed E-state index contributed by atoms with van der Waals surface area (Å²) >= 11 is 3.06. The van der Waals surface area contributed by atoms with E-state index in [1.165, 1.54) is 11.3 Å². The largest absolute Gasteiger partial charge is 0.375 e. The van der Waals surface area contributed by atoms with Gasteiger partial charge in [0.1, 0.15) is 0 Å². The molecule has 2 aromatic rings. The van der Waals surface area contributed by atoms with E-state index < -0.39 is 0 Å². The molecule has 4 nitrogen and oxygen atoms in total. The molecule has 0 saturated heterocycles. The maximum Gasteiger partial charge on any atom is 0.225 e. The molecule has 0 aliphatic rings. The van der Waals surface area contributed by atoms with Crippen molar-refractivity contribution in [2.75, 3.05) is 5.73 Å². The first-order valence-corrected chi connectivity index (χ1v) is 7.64. The van der Waals surface area contributed by atoms with Crippen molar-refractivity contribution in [3.05, 3.63) is 22.4 Å². The minimum atomic E-state index is -0.358. The lowest BCUT2D eigenvalue weighted by molar-refractivity contribution is -0.128. The van der Waals surface area contributed by atoms with Crippen molar-refractivity contribution in [2.45, 2.75) is 27.3 Å². The first kappa shape index (κ1) is 14.0. The summed E-state index contributed by atoms with van der Waals surface area (Å²) in [5.74, 6) is 0.0559. The van der Waals surface area contributed by atoms with Gasteiger partial charge in [-0.2, -0.15) is 0 Å². The lowest BCUT2D eigenvalue weighted by Crippen LogP contribution is -2.34. The minimum Gasteiger partial charge on any atom is -0.375 e. The van der Waals surface area contributed by atoms with Gasteiger partial charge in [0.05, 0.1) is 17.1 Å². The monoisotopic (exact) mass is 295 g/mol. The third kappa shape index (κ3) is 3.54. The van der Waals surface area contributed by atoms with Gasteiger partial charge in [-0.15, -0.1) is 22.7 Å². The van der Waals surface area contributed by atoms with Crippen LogP contribution in [-0.2, 0) is 11.3 Å². The van der Waals surface area contributed by atoms with Crippen molar-refractivity contribution in [1.82, 2.24) is 10.3 Å². The molecule has 0 aromatic carbocycles. The SMILES string of the molecule is CC(C)(C)C(=O)NCc1ccc(-c2csc(N)n2)s1. The zero-order valence-corrected chi connectivity index (χ0v) is 12.8. The minimum absolute atomic E-state index is 0.0559. The van der Waals surface area contributed by atoms with Crippen LogP contribution in [0.2, 0.25) is 0 Å². The van der Waals surface area contributed by atoms with Crippen LogP contribution in [0.4, 0.5) is 5.13 Å². The van der Waals surface area contributed by atoms with Crippen LogP contribution < -0.4 is 11.1 Å². The Bertz CT molecular complexity index is 581. The molecule has 0 unspecified atom stereocenters. The smallest absolute Gasteiger partial charge is 0.225 e. The number of thiophene rings is 1. The average Bonchev–Trinajstić information content (AvgIpc) is 2.93. The molecule has 0 aliphatic heterocycles. The maximum atomic E-state index is 11.8. The predicted octanol–water partition coefficient (Wildman–Crippen LogP) is 3.12. The normalized spacial score (nSPS) is 11.5. The third-order valence-corrected chi connectivity index (χ3v) is 4.32. The second-order valence-corrected chi connectivity index (χ2v) is 7.33. The highest BCUT2D eigenvalue weighted by molar-refractivity contribution is 7.16. The van der Waals surface area contributed by atoms with Gasteiger partial charge in [0.15, 0.2) is 5.13 Å². The van der Waals surface area contributed by atoms with Gasteiger partial charge in [0.25, 0.3) is 0 Å². The summed E-state index contributed by atoms with van der Waals surface area (Å²) in [6, 6.07) is 4.02. The van der Waals surface area contributed by atoms with Gasteiger partial charge in [0.2, 0.25) is 5.91 Å². The Morgan fingerprint density at radius 1 is 1.42 bits per heavy atom. The first-order chi connectivity index (χ1) is 8.86. The van der Waals surface area contributed by atoms with Crippen LogP contribution in [0.15, 0.2) is 17.5 Å². The third-order valence-electron chi connectivity index (χ3n) is 2.54. The number of hydrogen-bond acceptors (Lipinski definition) is 5. The zero-order chi connectivity index (χ0) is 14.0. The number of thiazole rings is 1. The lowest BCUT2D eigenvalue weighted by atomic mass is 9.96. The van der Waals surface area contributed by atoms with E-state index in [0.717, 1.165) is 15.4 Å². The number of amides is 1. The van der Waals surface area contributed by atoms with Crippen LogP contribution in [0.1, 0.15) is 25.6 Å². The van der Waals surface area contributed by atoms with Crippen molar-refractivity contribution >= 4 is 33.7 Å². The Morgan fingerprint density at radius 2 is 2.16 bits per heavy atom.